The third-order valence-corrected chi connectivity index (χ3v) is 7.74. The van der Waals surface area contributed by atoms with E-state index in [1.807, 2.05) is 53.7 Å². The van der Waals surface area contributed by atoms with Crippen molar-refractivity contribution in [1.29, 1.82) is 0 Å². The molecule has 2 aliphatic carbocycles. The lowest BCUT2D eigenvalue weighted by atomic mass is 9.98. The van der Waals surface area contributed by atoms with Gasteiger partial charge in [-0.3, -0.25) is 19.0 Å². The van der Waals surface area contributed by atoms with Crippen LogP contribution in [0.25, 0.3) is 5.65 Å². The fourth-order valence-corrected chi connectivity index (χ4v) is 5.20. The van der Waals surface area contributed by atoms with Gasteiger partial charge in [-0.2, -0.15) is 20.2 Å². The van der Waals surface area contributed by atoms with Crippen molar-refractivity contribution in [2.45, 2.75) is 62.8 Å². The number of nitrogens with zero attached hydrogens (tertiary/aromatic N) is 7. The van der Waals surface area contributed by atoms with Gasteiger partial charge in [-0.05, 0) is 57.6 Å². The molecule has 1 atom stereocenters. The average Bonchev–Trinajstić information content (AvgIpc) is 3.71. The molecule has 4 aromatic heterocycles. The molecule has 2 saturated carbocycles. The Bertz CT molecular complexity index is 1460. The van der Waals surface area contributed by atoms with Crippen LogP contribution in [0.15, 0.2) is 30.5 Å². The maximum absolute atomic E-state index is 13.6. The number of aromatic amines is 1. The summed E-state index contributed by atoms with van der Waals surface area (Å²) in [5.74, 6) is 3.64. The van der Waals surface area contributed by atoms with Gasteiger partial charge in [-0.1, -0.05) is 0 Å². The summed E-state index contributed by atoms with van der Waals surface area (Å²) in [5.41, 5.74) is 2.19. The first kappa shape index (κ1) is 21.4. The first-order valence-corrected chi connectivity index (χ1v) is 12.8. The van der Waals surface area contributed by atoms with Crippen LogP contribution in [0, 0.1) is 0 Å². The van der Waals surface area contributed by atoms with Crippen LogP contribution in [0.2, 0.25) is 0 Å². The van der Waals surface area contributed by atoms with Gasteiger partial charge in [-0.15, -0.1) is 0 Å². The summed E-state index contributed by atoms with van der Waals surface area (Å²) >= 11 is 0. The van der Waals surface area contributed by atoms with E-state index in [1.54, 1.807) is 4.68 Å². The number of fused-ring (bicyclic) bond motifs is 1. The first-order valence-electron chi connectivity index (χ1n) is 12.8. The highest BCUT2D eigenvalue weighted by molar-refractivity contribution is 6.00. The molecule has 1 saturated heterocycles. The van der Waals surface area contributed by atoms with Gasteiger partial charge in [0.1, 0.15) is 17.0 Å². The Balaban J connectivity index is 1.18. The summed E-state index contributed by atoms with van der Waals surface area (Å²) in [6, 6.07) is 7.93. The molecule has 0 bridgehead atoms. The predicted octanol–water partition coefficient (Wildman–Crippen LogP) is 3.68. The zero-order chi connectivity index (χ0) is 24.4. The third-order valence-electron chi connectivity index (χ3n) is 7.74. The second-order valence-electron chi connectivity index (χ2n) is 10.5. The van der Waals surface area contributed by atoms with Crippen molar-refractivity contribution < 1.29 is 4.79 Å². The van der Waals surface area contributed by atoms with E-state index in [0.717, 1.165) is 35.1 Å². The number of amides is 1. The van der Waals surface area contributed by atoms with Crippen LogP contribution in [0.1, 0.15) is 68.7 Å². The summed E-state index contributed by atoms with van der Waals surface area (Å²) in [5, 5.41) is 18.6. The Morgan fingerprint density at radius 2 is 2.00 bits per heavy atom. The van der Waals surface area contributed by atoms with Crippen molar-refractivity contribution in [1.82, 2.24) is 34.3 Å². The van der Waals surface area contributed by atoms with E-state index in [9.17, 15) is 4.79 Å². The summed E-state index contributed by atoms with van der Waals surface area (Å²) in [7, 11) is 1.88. The molecule has 0 unspecified atom stereocenters. The fourth-order valence-electron chi connectivity index (χ4n) is 5.20. The van der Waals surface area contributed by atoms with E-state index in [-0.39, 0.29) is 5.91 Å². The van der Waals surface area contributed by atoms with Gasteiger partial charge in [0.15, 0.2) is 5.82 Å². The number of aryl methyl sites for hydroxylation is 1. The lowest BCUT2D eigenvalue weighted by Crippen LogP contribution is -2.52. The van der Waals surface area contributed by atoms with Crippen molar-refractivity contribution in [3.05, 3.63) is 41.9 Å². The van der Waals surface area contributed by atoms with Gasteiger partial charge in [0.05, 0.1) is 5.69 Å². The van der Waals surface area contributed by atoms with Gasteiger partial charge in [-0.25, -0.2) is 0 Å². The molecule has 11 heteroatoms. The molecule has 4 aromatic rings. The largest absolute Gasteiger partial charge is 0.326 e. The zero-order valence-electron chi connectivity index (χ0n) is 20.5. The van der Waals surface area contributed by atoms with Crippen molar-refractivity contribution >= 4 is 35.1 Å². The van der Waals surface area contributed by atoms with Gasteiger partial charge >= 0.3 is 0 Å². The quantitative estimate of drug-likeness (QED) is 0.364. The summed E-state index contributed by atoms with van der Waals surface area (Å²) in [6.45, 7) is 2.68. The maximum Gasteiger partial charge on any atom is 0.251 e. The molecule has 7 rings (SSSR count). The van der Waals surface area contributed by atoms with E-state index >= 15 is 0 Å². The highest BCUT2D eigenvalue weighted by atomic mass is 16.2. The summed E-state index contributed by atoms with van der Waals surface area (Å²) in [6.07, 6.45) is 8.28. The van der Waals surface area contributed by atoms with E-state index in [2.05, 4.69) is 25.9 Å². The van der Waals surface area contributed by atoms with Crippen LogP contribution >= 0.6 is 0 Å². The molecule has 1 aliphatic heterocycles. The second kappa shape index (κ2) is 7.81. The number of nitrogens with one attached hydrogen (secondary N) is 3. The molecular weight excluding hydrogens is 456 g/mol. The highest BCUT2D eigenvalue weighted by Gasteiger charge is 2.45. The van der Waals surface area contributed by atoms with Crippen LogP contribution in [-0.4, -0.2) is 52.3 Å². The SMILES string of the molecule is Cn1nc(C2CC2)cc1NC(=O)[C@]1(C)CCCN1c1nc(Nc2cc(C3CC3)[nH]n2)n2cccc2n1. The van der Waals surface area contributed by atoms with E-state index in [0.29, 0.717) is 36.7 Å². The van der Waals surface area contributed by atoms with Gasteiger partial charge < -0.3 is 15.5 Å². The summed E-state index contributed by atoms with van der Waals surface area (Å²) in [4.78, 5) is 25.4. The van der Waals surface area contributed by atoms with Crippen molar-refractivity contribution in [2.24, 2.45) is 7.05 Å². The second-order valence-corrected chi connectivity index (χ2v) is 10.5. The standard InChI is InChI=1S/C25H30N10O/c1-25(22(36)27-21-14-18(16-8-9-16)32-33(21)2)10-4-12-35(25)24-28-20-5-3-11-34(20)23(29-24)26-19-13-17(30-31-19)15-6-7-15/h3,5,11,13-16H,4,6-10,12H2,1-2H3,(H,27,36)(H2,26,28,29,30,31)/t25-/m0/s1. The van der Waals surface area contributed by atoms with Crippen LogP contribution in [0.3, 0.4) is 0 Å². The van der Waals surface area contributed by atoms with Gasteiger partial charge in [0.2, 0.25) is 11.9 Å². The minimum absolute atomic E-state index is 0.0694. The van der Waals surface area contributed by atoms with Gasteiger partial charge in [0.25, 0.3) is 5.91 Å². The number of hydrogen-bond acceptors (Lipinski definition) is 7. The molecule has 3 N–H and O–H groups in total. The number of anilines is 4. The number of aromatic nitrogens is 7. The van der Waals surface area contributed by atoms with Crippen molar-refractivity contribution in [2.75, 3.05) is 22.1 Å². The molecular formula is C25H30N10O. The average molecular weight is 487 g/mol. The number of hydrogen-bond donors (Lipinski definition) is 3. The summed E-state index contributed by atoms with van der Waals surface area (Å²) < 4.78 is 3.66. The Labute approximate surface area is 208 Å². The topological polar surface area (TPSA) is 121 Å². The number of H-pyrrole nitrogens is 1. The molecule has 0 radical (unpaired) electrons. The minimum atomic E-state index is -0.780. The Hall–Kier alpha value is -3.89. The molecule has 0 spiro atoms. The molecule has 186 valence electrons. The molecule has 1 amide bonds. The Kier molecular flexibility index (Phi) is 4.64. The smallest absolute Gasteiger partial charge is 0.251 e. The number of rotatable bonds is 7. The number of carbonyl (C=O) groups is 1. The van der Waals surface area contributed by atoms with Crippen molar-refractivity contribution in [3.63, 3.8) is 0 Å². The maximum atomic E-state index is 13.6. The Morgan fingerprint density at radius 3 is 2.81 bits per heavy atom. The first-order chi connectivity index (χ1) is 17.5. The molecule has 36 heavy (non-hydrogen) atoms. The van der Waals surface area contributed by atoms with Crippen LogP contribution in [-0.2, 0) is 11.8 Å². The van der Waals surface area contributed by atoms with Crippen LogP contribution < -0.4 is 15.5 Å². The van der Waals surface area contributed by atoms with Crippen LogP contribution in [0.5, 0.6) is 0 Å². The van der Waals surface area contributed by atoms with E-state index in [1.165, 1.54) is 25.7 Å². The normalized spacial score (nSPS) is 21.9. The third kappa shape index (κ3) is 3.61. The fraction of sp³-hybridized carbons (Fsp3) is 0.480. The highest BCUT2D eigenvalue weighted by Crippen LogP contribution is 2.41. The lowest BCUT2D eigenvalue weighted by Gasteiger charge is -2.34. The lowest BCUT2D eigenvalue weighted by molar-refractivity contribution is -0.120. The van der Waals surface area contributed by atoms with E-state index < -0.39 is 5.54 Å². The monoisotopic (exact) mass is 486 g/mol. The van der Waals surface area contributed by atoms with Crippen molar-refractivity contribution in [3.8, 4) is 0 Å². The van der Waals surface area contributed by atoms with E-state index in [4.69, 9.17) is 9.97 Å². The predicted molar refractivity (Wildman–Crippen MR) is 136 cm³/mol. The Morgan fingerprint density at radius 1 is 1.17 bits per heavy atom. The van der Waals surface area contributed by atoms with Crippen LogP contribution in [0.4, 0.5) is 23.5 Å². The molecule has 3 fully saturated rings. The molecule has 11 nitrogen and oxygen atoms in total. The minimum Gasteiger partial charge on any atom is -0.326 e. The molecule has 5 heterocycles. The number of carbonyl (C=O) groups excluding carboxylic acids is 1. The van der Waals surface area contributed by atoms with Gasteiger partial charge in [0, 0.05) is 49.5 Å². The molecule has 3 aliphatic rings. The zero-order valence-corrected chi connectivity index (χ0v) is 20.5. The molecule has 0 aromatic carbocycles.